The van der Waals surface area contributed by atoms with Crippen molar-refractivity contribution in [2.75, 3.05) is 19.8 Å². The minimum atomic E-state index is 0.285. The van der Waals surface area contributed by atoms with Crippen molar-refractivity contribution in [2.45, 2.75) is 77.0 Å². The van der Waals surface area contributed by atoms with Gasteiger partial charge in [0.1, 0.15) is 0 Å². The lowest BCUT2D eigenvalue weighted by Gasteiger charge is -2.44. The Morgan fingerprint density at radius 1 is 1.05 bits per heavy atom. The Balaban J connectivity index is 1.63. The Morgan fingerprint density at radius 3 is 2.53 bits per heavy atom. The van der Waals surface area contributed by atoms with E-state index in [0.29, 0.717) is 12.1 Å². The van der Waals surface area contributed by atoms with E-state index in [1.165, 1.54) is 32.1 Å². The first kappa shape index (κ1) is 15.3. The molecule has 0 amide bonds. The molecule has 19 heavy (non-hydrogen) atoms. The van der Waals surface area contributed by atoms with E-state index in [0.717, 1.165) is 38.5 Å². The molecular weight excluding hydrogens is 238 g/mol. The summed E-state index contributed by atoms with van der Waals surface area (Å²) < 4.78 is 12.0. The zero-order valence-electron chi connectivity index (χ0n) is 12.7. The number of ether oxygens (including phenoxy) is 2. The third kappa shape index (κ3) is 4.44. The van der Waals surface area contributed by atoms with E-state index < -0.39 is 0 Å². The second kappa shape index (κ2) is 8.23. The summed E-state index contributed by atoms with van der Waals surface area (Å²) in [4.78, 5) is 0. The van der Waals surface area contributed by atoms with Gasteiger partial charge in [-0.25, -0.2) is 0 Å². The van der Waals surface area contributed by atoms with Gasteiger partial charge in [0.25, 0.3) is 0 Å². The molecule has 2 aliphatic rings. The fourth-order valence-corrected chi connectivity index (χ4v) is 2.92. The zero-order chi connectivity index (χ0) is 13.5. The summed E-state index contributed by atoms with van der Waals surface area (Å²) in [6, 6.07) is 0.514. The molecule has 0 aromatic heterocycles. The highest BCUT2D eigenvalue weighted by molar-refractivity contribution is 4.97. The highest BCUT2D eigenvalue weighted by atomic mass is 16.5. The highest BCUT2D eigenvalue weighted by Gasteiger charge is 2.42. The average Bonchev–Trinajstić information content (AvgIpc) is 2.34. The summed E-state index contributed by atoms with van der Waals surface area (Å²) in [5, 5.41) is 3.57. The first-order valence-electron chi connectivity index (χ1n) is 8.31. The second-order valence-electron chi connectivity index (χ2n) is 6.13. The van der Waals surface area contributed by atoms with Crippen LogP contribution in [0.25, 0.3) is 0 Å². The molecule has 0 aromatic carbocycles. The fraction of sp³-hybridized carbons (Fsp3) is 1.00. The molecule has 0 spiro atoms. The van der Waals surface area contributed by atoms with E-state index in [9.17, 15) is 0 Å². The molecule has 112 valence electrons. The Morgan fingerprint density at radius 2 is 1.89 bits per heavy atom. The predicted octanol–water partition coefficient (Wildman–Crippen LogP) is 3.13. The van der Waals surface area contributed by atoms with Gasteiger partial charge in [0.15, 0.2) is 0 Å². The van der Waals surface area contributed by atoms with Crippen LogP contribution in [0.1, 0.15) is 58.8 Å². The largest absolute Gasteiger partial charge is 0.375 e. The molecule has 0 radical (unpaired) electrons. The molecule has 0 bridgehead atoms. The first-order chi connectivity index (χ1) is 9.35. The molecule has 0 aliphatic heterocycles. The average molecular weight is 269 g/mol. The van der Waals surface area contributed by atoms with Crippen LogP contribution in [0.5, 0.6) is 0 Å². The summed E-state index contributed by atoms with van der Waals surface area (Å²) in [6.45, 7) is 7.25. The van der Waals surface area contributed by atoms with Crippen LogP contribution < -0.4 is 5.32 Å². The van der Waals surface area contributed by atoms with E-state index in [4.69, 9.17) is 9.47 Å². The summed E-state index contributed by atoms with van der Waals surface area (Å²) >= 11 is 0. The molecule has 0 aromatic rings. The van der Waals surface area contributed by atoms with E-state index in [-0.39, 0.29) is 6.10 Å². The van der Waals surface area contributed by atoms with Crippen LogP contribution in [0, 0.1) is 5.92 Å². The highest BCUT2D eigenvalue weighted by Crippen LogP contribution is 2.31. The van der Waals surface area contributed by atoms with Crippen molar-refractivity contribution in [3.05, 3.63) is 0 Å². The molecule has 3 atom stereocenters. The van der Waals surface area contributed by atoms with Crippen molar-refractivity contribution in [3.8, 4) is 0 Å². The van der Waals surface area contributed by atoms with Gasteiger partial charge >= 0.3 is 0 Å². The van der Waals surface area contributed by atoms with E-state index in [1.807, 2.05) is 0 Å². The minimum Gasteiger partial charge on any atom is -0.375 e. The van der Waals surface area contributed by atoms with Crippen molar-refractivity contribution >= 4 is 0 Å². The van der Waals surface area contributed by atoms with Gasteiger partial charge < -0.3 is 14.8 Å². The molecular formula is C16H31NO2. The quantitative estimate of drug-likeness (QED) is 0.661. The Hall–Kier alpha value is -0.120. The van der Waals surface area contributed by atoms with Gasteiger partial charge in [-0.3, -0.25) is 0 Å². The van der Waals surface area contributed by atoms with Crippen LogP contribution in [0.2, 0.25) is 0 Å². The summed E-state index contributed by atoms with van der Waals surface area (Å²) in [6.07, 6.45) is 9.54. The van der Waals surface area contributed by atoms with E-state index in [2.05, 4.69) is 19.2 Å². The van der Waals surface area contributed by atoms with Crippen molar-refractivity contribution in [1.82, 2.24) is 5.32 Å². The summed E-state index contributed by atoms with van der Waals surface area (Å²) in [7, 11) is 0. The van der Waals surface area contributed by atoms with Crippen molar-refractivity contribution in [1.29, 1.82) is 0 Å². The van der Waals surface area contributed by atoms with Crippen LogP contribution in [0.3, 0.4) is 0 Å². The molecule has 2 fully saturated rings. The molecule has 2 aliphatic carbocycles. The SMILES string of the molecule is CCCNC1CC(OCCC2CCC2)C1OCCC. The van der Waals surface area contributed by atoms with Gasteiger partial charge in [-0.15, -0.1) is 0 Å². The van der Waals surface area contributed by atoms with Gasteiger partial charge in [-0.2, -0.15) is 0 Å². The number of hydrogen-bond donors (Lipinski definition) is 1. The second-order valence-corrected chi connectivity index (χ2v) is 6.13. The molecule has 2 saturated carbocycles. The zero-order valence-corrected chi connectivity index (χ0v) is 12.7. The van der Waals surface area contributed by atoms with E-state index >= 15 is 0 Å². The Kier molecular flexibility index (Phi) is 6.62. The van der Waals surface area contributed by atoms with Crippen LogP contribution in [0.15, 0.2) is 0 Å². The van der Waals surface area contributed by atoms with E-state index in [1.54, 1.807) is 0 Å². The molecule has 3 unspecified atom stereocenters. The molecule has 3 nitrogen and oxygen atoms in total. The van der Waals surface area contributed by atoms with Crippen LogP contribution >= 0.6 is 0 Å². The topological polar surface area (TPSA) is 30.5 Å². The maximum Gasteiger partial charge on any atom is 0.0990 e. The lowest BCUT2D eigenvalue weighted by molar-refractivity contribution is -0.149. The lowest BCUT2D eigenvalue weighted by Crippen LogP contribution is -2.60. The molecule has 3 heteroatoms. The van der Waals surface area contributed by atoms with Crippen LogP contribution in [0.4, 0.5) is 0 Å². The molecule has 2 rings (SSSR count). The van der Waals surface area contributed by atoms with Gasteiger partial charge in [0.2, 0.25) is 0 Å². The third-order valence-electron chi connectivity index (χ3n) is 4.50. The van der Waals surface area contributed by atoms with Gasteiger partial charge in [-0.05, 0) is 38.1 Å². The number of rotatable bonds is 10. The molecule has 1 N–H and O–H groups in total. The lowest BCUT2D eigenvalue weighted by atomic mass is 9.83. The van der Waals surface area contributed by atoms with Crippen molar-refractivity contribution in [2.24, 2.45) is 5.92 Å². The normalized spacial score (nSPS) is 30.9. The fourth-order valence-electron chi connectivity index (χ4n) is 2.92. The first-order valence-corrected chi connectivity index (χ1v) is 8.31. The predicted molar refractivity (Wildman–Crippen MR) is 78.4 cm³/mol. The van der Waals surface area contributed by atoms with Gasteiger partial charge in [-0.1, -0.05) is 33.1 Å². The van der Waals surface area contributed by atoms with Crippen LogP contribution in [-0.4, -0.2) is 38.0 Å². The summed E-state index contributed by atoms with van der Waals surface area (Å²) in [5.74, 6) is 0.948. The standard InChI is InChI=1S/C16H31NO2/c1-3-9-17-14-12-15(16(14)19-10-4-2)18-11-8-13-6-5-7-13/h13-17H,3-12H2,1-2H3. The smallest absolute Gasteiger partial charge is 0.0990 e. The van der Waals surface area contributed by atoms with Crippen LogP contribution in [-0.2, 0) is 9.47 Å². The van der Waals surface area contributed by atoms with Crippen molar-refractivity contribution in [3.63, 3.8) is 0 Å². The number of nitrogens with one attached hydrogen (secondary N) is 1. The molecule has 0 saturated heterocycles. The van der Waals surface area contributed by atoms with Gasteiger partial charge in [0.05, 0.1) is 12.2 Å². The Labute approximate surface area is 118 Å². The maximum absolute atomic E-state index is 6.04. The minimum absolute atomic E-state index is 0.285. The van der Waals surface area contributed by atoms with Crippen molar-refractivity contribution < 1.29 is 9.47 Å². The third-order valence-corrected chi connectivity index (χ3v) is 4.50. The molecule has 0 heterocycles. The monoisotopic (exact) mass is 269 g/mol. The number of hydrogen-bond acceptors (Lipinski definition) is 3. The van der Waals surface area contributed by atoms with Gasteiger partial charge in [0, 0.05) is 19.3 Å². The Bertz CT molecular complexity index is 243. The summed E-state index contributed by atoms with van der Waals surface area (Å²) in [5.41, 5.74) is 0. The maximum atomic E-state index is 6.04.